The van der Waals surface area contributed by atoms with E-state index < -0.39 is 0 Å². The second kappa shape index (κ2) is 8.97. The topological polar surface area (TPSA) is 104 Å². The predicted octanol–water partition coefficient (Wildman–Crippen LogP) is 2.98. The van der Waals surface area contributed by atoms with Crippen LogP contribution in [-0.4, -0.2) is 57.8 Å². The molecular weight excluding hydrogens is 392 g/mol. The number of aromatic nitrogens is 5. The Morgan fingerprint density at radius 2 is 1.87 bits per heavy atom. The Labute approximate surface area is 179 Å². The molecule has 0 saturated carbocycles. The van der Waals surface area contributed by atoms with E-state index in [1.54, 1.807) is 12.5 Å². The summed E-state index contributed by atoms with van der Waals surface area (Å²) in [4.78, 5) is 23.3. The Bertz CT molecular complexity index is 1120. The number of H-pyrrole nitrogens is 1. The van der Waals surface area contributed by atoms with Gasteiger partial charge < -0.3 is 25.3 Å². The third-order valence-electron chi connectivity index (χ3n) is 5.19. The van der Waals surface area contributed by atoms with Crippen molar-refractivity contribution in [1.29, 1.82) is 0 Å². The number of pyridine rings is 1. The highest BCUT2D eigenvalue weighted by atomic mass is 16.5. The van der Waals surface area contributed by atoms with Crippen LogP contribution in [0.2, 0.25) is 0 Å². The van der Waals surface area contributed by atoms with Gasteiger partial charge in [-0.2, -0.15) is 9.97 Å². The molecule has 0 bridgehead atoms. The van der Waals surface area contributed by atoms with Crippen LogP contribution < -0.4 is 15.5 Å². The summed E-state index contributed by atoms with van der Waals surface area (Å²) in [7, 11) is 0. The molecule has 0 amide bonds. The van der Waals surface area contributed by atoms with Gasteiger partial charge in [0.15, 0.2) is 11.5 Å². The molecule has 3 aromatic heterocycles. The average Bonchev–Trinajstić information content (AvgIpc) is 3.30. The average molecular weight is 416 g/mol. The Morgan fingerprint density at radius 1 is 1.00 bits per heavy atom. The number of hydrogen-bond acceptors (Lipinski definition) is 8. The molecular formula is C22H24N8O. The molecule has 1 aromatic carbocycles. The number of anilines is 4. The first-order valence-electron chi connectivity index (χ1n) is 10.4. The highest BCUT2D eigenvalue weighted by Gasteiger charge is 2.12. The van der Waals surface area contributed by atoms with Gasteiger partial charge in [-0.05, 0) is 36.4 Å². The molecule has 4 aromatic rings. The summed E-state index contributed by atoms with van der Waals surface area (Å²) in [6.45, 7) is 4.08. The van der Waals surface area contributed by atoms with Crippen molar-refractivity contribution in [1.82, 2.24) is 24.9 Å². The summed E-state index contributed by atoms with van der Waals surface area (Å²) in [6, 6.07) is 14.2. The van der Waals surface area contributed by atoms with Crippen molar-refractivity contribution in [3.05, 3.63) is 60.7 Å². The Kier molecular flexibility index (Phi) is 5.57. The van der Waals surface area contributed by atoms with Gasteiger partial charge in [-0.1, -0.05) is 6.07 Å². The number of morpholine rings is 1. The highest BCUT2D eigenvalue weighted by Crippen LogP contribution is 2.23. The fraction of sp³-hybridized carbons (Fsp3) is 0.273. The van der Waals surface area contributed by atoms with Crippen LogP contribution in [0.3, 0.4) is 0 Å². The molecule has 0 spiro atoms. The van der Waals surface area contributed by atoms with Gasteiger partial charge in [-0.15, -0.1) is 0 Å². The molecule has 1 saturated heterocycles. The van der Waals surface area contributed by atoms with E-state index in [1.165, 1.54) is 5.69 Å². The lowest BCUT2D eigenvalue weighted by Gasteiger charge is -2.28. The van der Waals surface area contributed by atoms with Crippen LogP contribution in [0.5, 0.6) is 0 Å². The van der Waals surface area contributed by atoms with E-state index in [2.05, 4.69) is 52.6 Å². The van der Waals surface area contributed by atoms with E-state index in [-0.39, 0.29) is 0 Å². The van der Waals surface area contributed by atoms with Crippen LogP contribution in [0.25, 0.3) is 11.2 Å². The zero-order chi connectivity index (χ0) is 20.9. The van der Waals surface area contributed by atoms with Gasteiger partial charge in [-0.3, -0.25) is 4.98 Å². The molecule has 31 heavy (non-hydrogen) atoms. The number of rotatable bonds is 7. The maximum absolute atomic E-state index is 5.43. The van der Waals surface area contributed by atoms with E-state index in [4.69, 9.17) is 4.74 Å². The molecule has 3 N–H and O–H groups in total. The normalized spacial score (nSPS) is 14.0. The zero-order valence-electron chi connectivity index (χ0n) is 17.1. The molecule has 0 unspecified atom stereocenters. The summed E-state index contributed by atoms with van der Waals surface area (Å²) >= 11 is 0. The van der Waals surface area contributed by atoms with Gasteiger partial charge in [0.05, 0.1) is 19.5 Å². The minimum Gasteiger partial charge on any atom is -0.378 e. The van der Waals surface area contributed by atoms with Crippen LogP contribution in [0.1, 0.15) is 5.69 Å². The van der Waals surface area contributed by atoms with E-state index in [9.17, 15) is 0 Å². The Morgan fingerprint density at radius 3 is 2.68 bits per heavy atom. The molecule has 1 aliphatic heterocycles. The molecule has 9 heteroatoms. The van der Waals surface area contributed by atoms with Gasteiger partial charge in [0.1, 0.15) is 5.52 Å². The van der Waals surface area contributed by atoms with E-state index in [0.717, 1.165) is 49.6 Å². The summed E-state index contributed by atoms with van der Waals surface area (Å²) in [6.07, 6.45) is 4.23. The zero-order valence-corrected chi connectivity index (χ0v) is 17.1. The van der Waals surface area contributed by atoms with Gasteiger partial charge in [0.2, 0.25) is 5.95 Å². The van der Waals surface area contributed by atoms with Crippen LogP contribution in [0, 0.1) is 0 Å². The fourth-order valence-electron chi connectivity index (χ4n) is 3.58. The predicted molar refractivity (Wildman–Crippen MR) is 121 cm³/mol. The number of nitrogens with one attached hydrogen (secondary N) is 3. The van der Waals surface area contributed by atoms with Crippen LogP contribution in [-0.2, 0) is 11.2 Å². The fourth-order valence-corrected chi connectivity index (χ4v) is 3.58. The summed E-state index contributed by atoms with van der Waals surface area (Å²) in [5, 5.41) is 6.67. The summed E-state index contributed by atoms with van der Waals surface area (Å²) in [5.41, 5.74) is 4.54. The van der Waals surface area contributed by atoms with Crippen molar-refractivity contribution >= 4 is 34.3 Å². The lowest BCUT2D eigenvalue weighted by Crippen LogP contribution is -2.36. The second-order valence-corrected chi connectivity index (χ2v) is 7.27. The van der Waals surface area contributed by atoms with E-state index in [0.29, 0.717) is 24.0 Å². The first-order valence-corrected chi connectivity index (χ1v) is 10.4. The van der Waals surface area contributed by atoms with Crippen LogP contribution >= 0.6 is 0 Å². The van der Waals surface area contributed by atoms with Gasteiger partial charge >= 0.3 is 0 Å². The SMILES string of the molecule is c1ccc(CCNc2nc(Nc3ccc(N4CCOCC4)cc3)nc3nc[nH]c23)nc1. The number of benzene rings is 1. The first-order chi connectivity index (χ1) is 15.3. The Hall–Kier alpha value is -3.72. The smallest absolute Gasteiger partial charge is 0.231 e. The monoisotopic (exact) mass is 416 g/mol. The largest absolute Gasteiger partial charge is 0.378 e. The minimum absolute atomic E-state index is 0.499. The molecule has 9 nitrogen and oxygen atoms in total. The van der Waals surface area contributed by atoms with Crippen molar-refractivity contribution < 1.29 is 4.74 Å². The van der Waals surface area contributed by atoms with Gasteiger partial charge in [0.25, 0.3) is 0 Å². The molecule has 0 atom stereocenters. The van der Waals surface area contributed by atoms with Crippen molar-refractivity contribution in [3.8, 4) is 0 Å². The maximum atomic E-state index is 5.43. The molecule has 0 radical (unpaired) electrons. The molecule has 5 rings (SSSR count). The third-order valence-corrected chi connectivity index (χ3v) is 5.19. The molecule has 4 heterocycles. The quantitative estimate of drug-likeness (QED) is 0.422. The minimum atomic E-state index is 0.499. The number of ether oxygens (including phenoxy) is 1. The number of nitrogens with zero attached hydrogens (tertiary/aromatic N) is 5. The van der Waals surface area contributed by atoms with Crippen molar-refractivity contribution in [2.75, 3.05) is 48.4 Å². The Balaban J connectivity index is 1.29. The van der Waals surface area contributed by atoms with Gasteiger partial charge in [0, 0.05) is 49.3 Å². The summed E-state index contributed by atoms with van der Waals surface area (Å²) < 4.78 is 5.43. The number of fused-ring (bicyclic) bond motifs is 1. The van der Waals surface area contributed by atoms with E-state index in [1.807, 2.05) is 30.3 Å². The number of imidazole rings is 1. The number of aromatic amines is 1. The van der Waals surface area contributed by atoms with Crippen molar-refractivity contribution in [3.63, 3.8) is 0 Å². The number of hydrogen-bond donors (Lipinski definition) is 3. The van der Waals surface area contributed by atoms with Crippen molar-refractivity contribution in [2.24, 2.45) is 0 Å². The molecule has 0 aliphatic carbocycles. The summed E-state index contributed by atoms with van der Waals surface area (Å²) in [5.74, 6) is 1.21. The third kappa shape index (κ3) is 4.56. The lowest BCUT2D eigenvalue weighted by molar-refractivity contribution is 0.122. The van der Waals surface area contributed by atoms with Crippen LogP contribution in [0.4, 0.5) is 23.1 Å². The molecule has 1 fully saturated rings. The van der Waals surface area contributed by atoms with Gasteiger partial charge in [-0.25, -0.2) is 4.98 Å². The van der Waals surface area contributed by atoms with Crippen LogP contribution in [0.15, 0.2) is 55.0 Å². The van der Waals surface area contributed by atoms with Crippen molar-refractivity contribution in [2.45, 2.75) is 6.42 Å². The lowest BCUT2D eigenvalue weighted by atomic mass is 10.2. The first kappa shape index (κ1) is 19.3. The molecule has 158 valence electrons. The maximum Gasteiger partial charge on any atom is 0.231 e. The molecule has 1 aliphatic rings. The van der Waals surface area contributed by atoms with E-state index >= 15 is 0 Å². The highest BCUT2D eigenvalue weighted by molar-refractivity contribution is 5.84. The standard InChI is InChI=1S/C22H24N8O/c1-2-9-23-16(3-1)8-10-24-20-19-21(26-15-25-19)29-22(28-20)27-17-4-6-18(7-5-17)30-11-13-31-14-12-30/h1-7,9,15H,8,10-14H2,(H3,24,25,26,27,28,29). The second-order valence-electron chi connectivity index (χ2n) is 7.27.